The van der Waals surface area contributed by atoms with Gasteiger partial charge in [-0.05, 0) is 44.2 Å². The van der Waals surface area contributed by atoms with Gasteiger partial charge in [-0.25, -0.2) is 14.8 Å². The average Bonchev–Trinajstić information content (AvgIpc) is 2.77. The Balaban J connectivity index is 1.59. The highest BCUT2D eigenvalue weighted by molar-refractivity contribution is 5.95. The zero-order chi connectivity index (χ0) is 22.9. The molecule has 0 radical (unpaired) electrons. The fourth-order valence-corrected chi connectivity index (χ4v) is 3.67. The molecular weight excluding hydrogens is 421 g/mol. The van der Waals surface area contributed by atoms with Gasteiger partial charge in [0.15, 0.2) is 11.5 Å². The van der Waals surface area contributed by atoms with Gasteiger partial charge < -0.3 is 14.5 Å². The molecule has 0 saturated carbocycles. The molecule has 2 heterocycles. The molecule has 0 spiro atoms. The van der Waals surface area contributed by atoms with Crippen LogP contribution in [-0.4, -0.2) is 48.2 Å². The van der Waals surface area contributed by atoms with Gasteiger partial charge in [0.2, 0.25) is 0 Å². The van der Waals surface area contributed by atoms with Crippen LogP contribution in [0.5, 0.6) is 0 Å². The molecule has 168 valence electrons. The summed E-state index contributed by atoms with van der Waals surface area (Å²) < 4.78 is 44.6. The summed E-state index contributed by atoms with van der Waals surface area (Å²) in [5.41, 5.74) is 1.24. The van der Waals surface area contributed by atoms with Crippen LogP contribution in [0, 0.1) is 0 Å². The number of carbonyl (C=O) groups is 1. The lowest BCUT2D eigenvalue weighted by molar-refractivity contribution is -0.137. The molecule has 0 atom stereocenters. The Bertz CT molecular complexity index is 1130. The number of carbonyl (C=O) groups excluding carboxylic acids is 1. The largest absolute Gasteiger partial charge is 0.458 e. The second-order valence-electron chi connectivity index (χ2n) is 7.86. The molecule has 6 nitrogen and oxygen atoms in total. The van der Waals surface area contributed by atoms with Crippen molar-refractivity contribution >= 4 is 28.5 Å². The van der Waals surface area contributed by atoms with E-state index in [4.69, 9.17) is 4.74 Å². The minimum absolute atomic E-state index is 0.143. The van der Waals surface area contributed by atoms with Crippen molar-refractivity contribution in [3.8, 4) is 0 Å². The number of para-hydroxylation sites is 2. The number of anilines is 2. The van der Waals surface area contributed by atoms with Crippen LogP contribution in [0.2, 0.25) is 0 Å². The highest BCUT2D eigenvalue weighted by Crippen LogP contribution is 2.32. The Morgan fingerprint density at radius 2 is 1.56 bits per heavy atom. The first-order chi connectivity index (χ1) is 15.2. The summed E-state index contributed by atoms with van der Waals surface area (Å²) in [5, 5.41) is 0. The Morgan fingerprint density at radius 1 is 0.938 bits per heavy atom. The van der Waals surface area contributed by atoms with E-state index in [9.17, 15) is 18.0 Å². The molecule has 1 aliphatic heterocycles. The van der Waals surface area contributed by atoms with Crippen molar-refractivity contribution in [3.05, 3.63) is 59.8 Å². The summed E-state index contributed by atoms with van der Waals surface area (Å²) >= 11 is 0. The first-order valence-electron chi connectivity index (χ1n) is 10.4. The number of esters is 1. The number of hydrogen-bond donors (Lipinski definition) is 0. The summed E-state index contributed by atoms with van der Waals surface area (Å²) in [6.07, 6.45) is -4.69. The van der Waals surface area contributed by atoms with Gasteiger partial charge in [0.25, 0.3) is 0 Å². The van der Waals surface area contributed by atoms with Crippen LogP contribution in [0.15, 0.2) is 48.5 Å². The molecule has 1 aliphatic rings. The first kappa shape index (κ1) is 21.9. The van der Waals surface area contributed by atoms with Crippen molar-refractivity contribution in [2.24, 2.45) is 0 Å². The minimum atomic E-state index is -4.38. The van der Waals surface area contributed by atoms with Crippen molar-refractivity contribution in [1.82, 2.24) is 9.97 Å². The zero-order valence-corrected chi connectivity index (χ0v) is 17.8. The maximum atomic E-state index is 13.1. The predicted octanol–water partition coefficient (Wildman–Crippen LogP) is 4.54. The molecule has 32 heavy (non-hydrogen) atoms. The number of aromatic nitrogens is 2. The third-order valence-corrected chi connectivity index (χ3v) is 5.21. The second-order valence-corrected chi connectivity index (χ2v) is 7.86. The third kappa shape index (κ3) is 4.61. The van der Waals surface area contributed by atoms with Gasteiger partial charge in [0.05, 0.1) is 22.7 Å². The molecule has 1 saturated heterocycles. The van der Waals surface area contributed by atoms with Crippen molar-refractivity contribution in [1.29, 1.82) is 0 Å². The third-order valence-electron chi connectivity index (χ3n) is 5.21. The molecule has 0 bridgehead atoms. The quantitative estimate of drug-likeness (QED) is 0.551. The maximum absolute atomic E-state index is 13.1. The molecular formula is C23H23F3N4O2. The first-order valence-corrected chi connectivity index (χ1v) is 10.4. The molecule has 1 aromatic heterocycles. The fourth-order valence-electron chi connectivity index (χ4n) is 3.67. The van der Waals surface area contributed by atoms with Crippen LogP contribution in [0.1, 0.15) is 29.9 Å². The lowest BCUT2D eigenvalue weighted by atomic mass is 10.1. The molecule has 0 amide bonds. The number of ether oxygens (including phenoxy) is 1. The van der Waals surface area contributed by atoms with E-state index in [0.29, 0.717) is 48.7 Å². The van der Waals surface area contributed by atoms with Gasteiger partial charge >= 0.3 is 12.1 Å². The minimum Gasteiger partial charge on any atom is -0.458 e. The zero-order valence-electron chi connectivity index (χ0n) is 17.8. The predicted molar refractivity (Wildman–Crippen MR) is 116 cm³/mol. The fraction of sp³-hybridized carbons (Fsp3) is 0.348. The number of benzene rings is 2. The molecule has 9 heteroatoms. The van der Waals surface area contributed by atoms with Crippen LogP contribution in [0.25, 0.3) is 11.0 Å². The van der Waals surface area contributed by atoms with Crippen molar-refractivity contribution < 1.29 is 22.7 Å². The Hall–Kier alpha value is -3.36. The van der Waals surface area contributed by atoms with E-state index in [1.165, 1.54) is 6.07 Å². The molecule has 3 aromatic rings. The van der Waals surface area contributed by atoms with Crippen LogP contribution < -0.4 is 9.80 Å². The van der Waals surface area contributed by atoms with Crippen LogP contribution in [0.4, 0.5) is 24.7 Å². The van der Waals surface area contributed by atoms with Gasteiger partial charge in [0, 0.05) is 31.9 Å². The molecule has 1 fully saturated rings. The van der Waals surface area contributed by atoms with Gasteiger partial charge in [0.1, 0.15) is 0 Å². The molecule has 0 unspecified atom stereocenters. The summed E-state index contributed by atoms with van der Waals surface area (Å²) in [6.45, 7) is 5.44. The molecule has 0 aliphatic carbocycles. The molecule has 4 rings (SSSR count). The SMILES string of the molecule is CC(C)OC(=O)c1nc2ccccc2nc1N1CCN(c2cccc(C(F)(F)F)c2)CC1. The highest BCUT2D eigenvalue weighted by atomic mass is 19.4. The van der Waals surface area contributed by atoms with E-state index in [0.717, 1.165) is 12.1 Å². The summed E-state index contributed by atoms with van der Waals surface area (Å²) in [6, 6.07) is 12.6. The van der Waals surface area contributed by atoms with E-state index >= 15 is 0 Å². The van der Waals surface area contributed by atoms with E-state index in [2.05, 4.69) is 9.97 Å². The Labute approximate surface area is 183 Å². The van der Waals surface area contributed by atoms with Gasteiger partial charge in [-0.3, -0.25) is 0 Å². The number of piperazine rings is 1. The number of halogens is 3. The summed E-state index contributed by atoms with van der Waals surface area (Å²) in [4.78, 5) is 25.7. The lowest BCUT2D eigenvalue weighted by Gasteiger charge is -2.37. The standard InChI is InChI=1S/C23H23F3N4O2/c1-15(2)32-22(31)20-21(28-19-9-4-3-8-18(19)27-20)30-12-10-29(11-13-30)17-7-5-6-16(14-17)23(24,25)26/h3-9,14-15H,10-13H2,1-2H3. The van der Waals surface area contributed by atoms with E-state index in [1.54, 1.807) is 26.0 Å². The van der Waals surface area contributed by atoms with Gasteiger partial charge in [-0.1, -0.05) is 18.2 Å². The number of nitrogens with zero attached hydrogens (tertiary/aromatic N) is 4. The van der Waals surface area contributed by atoms with E-state index in [1.807, 2.05) is 28.0 Å². The molecule has 0 N–H and O–H groups in total. The van der Waals surface area contributed by atoms with Crippen LogP contribution in [0.3, 0.4) is 0 Å². The van der Waals surface area contributed by atoms with Crippen molar-refractivity contribution in [3.63, 3.8) is 0 Å². The number of fused-ring (bicyclic) bond motifs is 1. The van der Waals surface area contributed by atoms with Crippen LogP contribution in [-0.2, 0) is 10.9 Å². The van der Waals surface area contributed by atoms with Crippen molar-refractivity contribution in [2.75, 3.05) is 36.0 Å². The number of rotatable bonds is 4. The number of hydrogen-bond acceptors (Lipinski definition) is 6. The normalized spacial score (nSPS) is 14.8. The van der Waals surface area contributed by atoms with Gasteiger partial charge in [-0.15, -0.1) is 0 Å². The summed E-state index contributed by atoms with van der Waals surface area (Å²) in [7, 11) is 0. The topological polar surface area (TPSA) is 58.6 Å². The van der Waals surface area contributed by atoms with Crippen molar-refractivity contribution in [2.45, 2.75) is 26.1 Å². The smallest absolute Gasteiger partial charge is 0.416 e. The summed E-state index contributed by atoms with van der Waals surface area (Å²) in [5.74, 6) is -0.119. The van der Waals surface area contributed by atoms with Crippen LogP contribution >= 0.6 is 0 Å². The lowest BCUT2D eigenvalue weighted by Crippen LogP contribution is -2.47. The maximum Gasteiger partial charge on any atom is 0.416 e. The Kier molecular flexibility index (Phi) is 5.90. The highest BCUT2D eigenvalue weighted by Gasteiger charge is 2.31. The van der Waals surface area contributed by atoms with E-state index < -0.39 is 17.7 Å². The average molecular weight is 444 g/mol. The molecule has 2 aromatic carbocycles. The monoisotopic (exact) mass is 444 g/mol. The second kappa shape index (κ2) is 8.64. The van der Waals surface area contributed by atoms with E-state index in [-0.39, 0.29) is 11.8 Å². The number of alkyl halides is 3. The van der Waals surface area contributed by atoms with Gasteiger partial charge in [-0.2, -0.15) is 13.2 Å². The Morgan fingerprint density at radius 3 is 2.19 bits per heavy atom.